The minimum Gasteiger partial charge on any atom is -0.378 e. The molecule has 0 bridgehead atoms. The lowest BCUT2D eigenvalue weighted by atomic mass is 10.0. The van der Waals surface area contributed by atoms with Crippen LogP contribution in [0.5, 0.6) is 0 Å². The molecule has 0 radical (unpaired) electrons. The van der Waals surface area contributed by atoms with Crippen molar-refractivity contribution in [2.24, 2.45) is 5.92 Å². The molecule has 0 amide bonds. The van der Waals surface area contributed by atoms with Crippen molar-refractivity contribution in [1.82, 2.24) is 0 Å². The fourth-order valence-corrected chi connectivity index (χ4v) is 3.00. The first kappa shape index (κ1) is 14.5. The molecule has 110 valence electrons. The molecule has 3 rings (SSSR count). The van der Waals surface area contributed by atoms with E-state index in [-0.39, 0.29) is 17.7 Å². The molecule has 1 fully saturated rings. The lowest BCUT2D eigenvalue weighted by Gasteiger charge is -2.22. The molecule has 0 heterocycles. The van der Waals surface area contributed by atoms with Gasteiger partial charge in [0.1, 0.15) is 11.6 Å². The summed E-state index contributed by atoms with van der Waals surface area (Å²) in [5.74, 6) is 0.0116. The van der Waals surface area contributed by atoms with Gasteiger partial charge in [0, 0.05) is 5.69 Å². The quantitative estimate of drug-likeness (QED) is 0.755. The van der Waals surface area contributed by atoms with E-state index in [4.69, 9.17) is 0 Å². The number of rotatable bonds is 4. The average molecular weight is 352 g/mol. The molecule has 1 unspecified atom stereocenters. The first-order valence-electron chi connectivity index (χ1n) is 7.02. The number of aryl methyl sites for hydroxylation is 1. The largest absolute Gasteiger partial charge is 0.378 e. The van der Waals surface area contributed by atoms with Crippen molar-refractivity contribution in [1.29, 1.82) is 0 Å². The predicted octanol–water partition coefficient (Wildman–Crippen LogP) is 5.60. The average Bonchev–Trinajstić information content (AvgIpc) is 3.27. The van der Waals surface area contributed by atoms with Crippen LogP contribution >= 0.6 is 15.9 Å². The van der Waals surface area contributed by atoms with Gasteiger partial charge in [-0.1, -0.05) is 12.1 Å². The van der Waals surface area contributed by atoms with Gasteiger partial charge in [0.05, 0.1) is 10.5 Å². The van der Waals surface area contributed by atoms with E-state index in [9.17, 15) is 8.78 Å². The highest BCUT2D eigenvalue weighted by Crippen LogP contribution is 2.43. The van der Waals surface area contributed by atoms with Crippen molar-refractivity contribution in [2.45, 2.75) is 25.8 Å². The monoisotopic (exact) mass is 351 g/mol. The van der Waals surface area contributed by atoms with E-state index in [1.54, 1.807) is 18.2 Å². The number of halogens is 3. The minimum atomic E-state index is -0.281. The first-order chi connectivity index (χ1) is 10.0. The smallest absolute Gasteiger partial charge is 0.139 e. The lowest BCUT2D eigenvalue weighted by molar-refractivity contribution is 0.617. The van der Waals surface area contributed by atoms with Crippen LogP contribution in [0, 0.1) is 24.5 Å². The zero-order valence-corrected chi connectivity index (χ0v) is 13.3. The minimum absolute atomic E-state index is 0.102. The fraction of sp³-hybridized carbons (Fsp3) is 0.294. The van der Waals surface area contributed by atoms with Gasteiger partial charge >= 0.3 is 0 Å². The molecule has 0 aliphatic heterocycles. The maximum absolute atomic E-state index is 13.7. The Hall–Kier alpha value is -1.42. The summed E-state index contributed by atoms with van der Waals surface area (Å²) in [5.41, 5.74) is 2.81. The molecule has 0 saturated heterocycles. The molecule has 1 saturated carbocycles. The molecule has 1 aliphatic carbocycles. The van der Waals surface area contributed by atoms with E-state index >= 15 is 0 Å². The Kier molecular flexibility index (Phi) is 3.98. The second-order valence-electron chi connectivity index (χ2n) is 5.59. The summed E-state index contributed by atoms with van der Waals surface area (Å²) >= 11 is 3.20. The topological polar surface area (TPSA) is 12.0 Å². The summed E-state index contributed by atoms with van der Waals surface area (Å²) in [6.07, 6.45) is 2.29. The van der Waals surface area contributed by atoms with Crippen molar-refractivity contribution in [3.63, 3.8) is 0 Å². The molecule has 1 atom stereocenters. The van der Waals surface area contributed by atoms with Gasteiger partial charge in [-0.05, 0) is 77.0 Å². The number of hydrogen-bond acceptors (Lipinski definition) is 1. The van der Waals surface area contributed by atoms with Crippen LogP contribution in [0.4, 0.5) is 14.5 Å². The van der Waals surface area contributed by atoms with Crippen LogP contribution in [-0.4, -0.2) is 0 Å². The van der Waals surface area contributed by atoms with E-state index in [0.29, 0.717) is 10.4 Å². The van der Waals surface area contributed by atoms with Gasteiger partial charge in [0.15, 0.2) is 0 Å². The second kappa shape index (κ2) is 5.76. The molecule has 1 aliphatic rings. The zero-order chi connectivity index (χ0) is 15.0. The van der Waals surface area contributed by atoms with Crippen molar-refractivity contribution < 1.29 is 8.78 Å². The lowest BCUT2D eigenvalue weighted by Crippen LogP contribution is -2.14. The molecule has 2 aromatic carbocycles. The summed E-state index contributed by atoms with van der Waals surface area (Å²) in [6.45, 7) is 1.95. The van der Waals surface area contributed by atoms with Crippen LogP contribution in [0.15, 0.2) is 40.9 Å². The van der Waals surface area contributed by atoms with Gasteiger partial charge in [-0.25, -0.2) is 8.78 Å². The van der Waals surface area contributed by atoms with Crippen LogP contribution in [0.1, 0.15) is 30.0 Å². The van der Waals surface area contributed by atoms with Gasteiger partial charge in [-0.2, -0.15) is 0 Å². The molecule has 0 spiro atoms. The summed E-state index contributed by atoms with van der Waals surface area (Å²) in [4.78, 5) is 0. The number of hydrogen-bond donors (Lipinski definition) is 1. The van der Waals surface area contributed by atoms with Gasteiger partial charge in [-0.15, -0.1) is 0 Å². The Labute approximate surface area is 131 Å². The van der Waals surface area contributed by atoms with Gasteiger partial charge < -0.3 is 5.32 Å². The number of nitrogens with one attached hydrogen (secondary N) is 1. The molecular weight excluding hydrogens is 336 g/mol. The Morgan fingerprint density at radius 3 is 2.43 bits per heavy atom. The Morgan fingerprint density at radius 2 is 1.81 bits per heavy atom. The maximum Gasteiger partial charge on any atom is 0.139 e. The highest BCUT2D eigenvalue weighted by molar-refractivity contribution is 9.10. The summed E-state index contributed by atoms with van der Waals surface area (Å²) in [6, 6.07) is 9.93. The molecule has 21 heavy (non-hydrogen) atoms. The summed E-state index contributed by atoms with van der Waals surface area (Å²) in [5, 5.41) is 3.43. The molecular formula is C17H16BrF2N. The summed E-state index contributed by atoms with van der Waals surface area (Å²) < 4.78 is 27.3. The Morgan fingerprint density at radius 1 is 1.14 bits per heavy atom. The van der Waals surface area contributed by atoms with E-state index in [2.05, 4.69) is 21.2 Å². The molecule has 1 N–H and O–H groups in total. The Bertz CT molecular complexity index is 651. The predicted molar refractivity (Wildman–Crippen MR) is 84.3 cm³/mol. The van der Waals surface area contributed by atoms with Gasteiger partial charge in [0.2, 0.25) is 0 Å². The molecule has 0 aromatic heterocycles. The highest BCUT2D eigenvalue weighted by Gasteiger charge is 2.32. The zero-order valence-electron chi connectivity index (χ0n) is 11.7. The Balaban J connectivity index is 1.89. The number of anilines is 1. The summed E-state index contributed by atoms with van der Waals surface area (Å²) in [7, 11) is 0. The standard InChI is InChI=1S/C17H16BrF2N/c1-10-8-14(18)15(20)9-16(10)21-17(11-2-3-11)12-4-6-13(19)7-5-12/h4-9,11,17,21H,2-3H2,1H3. The van der Waals surface area contributed by atoms with E-state index in [0.717, 1.165) is 29.7 Å². The maximum atomic E-state index is 13.7. The van der Waals surface area contributed by atoms with Crippen molar-refractivity contribution in [3.8, 4) is 0 Å². The van der Waals surface area contributed by atoms with Gasteiger partial charge in [0.25, 0.3) is 0 Å². The van der Waals surface area contributed by atoms with Crippen LogP contribution in [0.3, 0.4) is 0 Å². The molecule has 2 aromatic rings. The third-order valence-electron chi connectivity index (χ3n) is 3.90. The van der Waals surface area contributed by atoms with E-state index in [1.165, 1.54) is 18.2 Å². The molecule has 1 nitrogen and oxygen atoms in total. The second-order valence-corrected chi connectivity index (χ2v) is 6.45. The third-order valence-corrected chi connectivity index (χ3v) is 4.51. The van der Waals surface area contributed by atoms with E-state index < -0.39 is 0 Å². The van der Waals surface area contributed by atoms with Crippen LogP contribution in [0.2, 0.25) is 0 Å². The highest BCUT2D eigenvalue weighted by atomic mass is 79.9. The van der Waals surface area contributed by atoms with Crippen LogP contribution in [0.25, 0.3) is 0 Å². The van der Waals surface area contributed by atoms with Crippen LogP contribution in [-0.2, 0) is 0 Å². The third kappa shape index (κ3) is 3.26. The van der Waals surface area contributed by atoms with E-state index in [1.807, 2.05) is 6.92 Å². The fourth-order valence-electron chi connectivity index (χ4n) is 2.54. The van der Waals surface area contributed by atoms with Crippen LogP contribution < -0.4 is 5.32 Å². The first-order valence-corrected chi connectivity index (χ1v) is 7.81. The SMILES string of the molecule is Cc1cc(Br)c(F)cc1NC(c1ccc(F)cc1)C1CC1. The normalized spacial score (nSPS) is 15.8. The van der Waals surface area contributed by atoms with Crippen molar-refractivity contribution in [2.75, 3.05) is 5.32 Å². The van der Waals surface area contributed by atoms with Crippen molar-refractivity contribution in [3.05, 3.63) is 63.6 Å². The van der Waals surface area contributed by atoms with Gasteiger partial charge in [-0.3, -0.25) is 0 Å². The molecule has 4 heteroatoms. The van der Waals surface area contributed by atoms with Crippen molar-refractivity contribution >= 4 is 21.6 Å². The number of benzene rings is 2.